The number of hydrogen-bond donors (Lipinski definition) is 2. The van der Waals surface area contributed by atoms with Gasteiger partial charge in [-0.2, -0.15) is 4.31 Å². The van der Waals surface area contributed by atoms with Crippen LogP contribution in [0.5, 0.6) is 0 Å². The number of rotatable bonds is 5. The lowest BCUT2D eigenvalue weighted by Gasteiger charge is -2.21. The van der Waals surface area contributed by atoms with Crippen molar-refractivity contribution in [2.24, 2.45) is 0 Å². The van der Waals surface area contributed by atoms with Crippen molar-refractivity contribution in [3.05, 3.63) is 23.8 Å². The normalized spacial score (nSPS) is 18.2. The third-order valence-electron chi connectivity index (χ3n) is 3.58. The van der Waals surface area contributed by atoms with Crippen LogP contribution in [0.2, 0.25) is 0 Å². The molecule has 1 aromatic rings. The minimum absolute atomic E-state index is 0.000150. The second-order valence-electron chi connectivity index (χ2n) is 5.11. The van der Waals surface area contributed by atoms with E-state index in [1.807, 2.05) is 0 Å². The highest BCUT2D eigenvalue weighted by atomic mass is 32.2. The molecule has 1 saturated carbocycles. The van der Waals surface area contributed by atoms with E-state index >= 15 is 0 Å². The van der Waals surface area contributed by atoms with Crippen LogP contribution in [0.15, 0.2) is 23.1 Å². The molecule has 1 aromatic carbocycles. The first-order valence-electron chi connectivity index (χ1n) is 6.58. The second-order valence-corrected chi connectivity index (χ2v) is 7.00. The van der Waals surface area contributed by atoms with Crippen molar-refractivity contribution < 1.29 is 18.3 Å². The molecule has 1 aliphatic heterocycles. The molecule has 1 fully saturated rings. The molecule has 2 N–H and O–H groups in total. The lowest BCUT2D eigenvalue weighted by atomic mass is 10.2. The van der Waals surface area contributed by atoms with Gasteiger partial charge in [0.2, 0.25) is 15.9 Å². The first kappa shape index (κ1) is 13.5. The van der Waals surface area contributed by atoms with E-state index in [0.717, 1.165) is 12.8 Å². The molecule has 6 nitrogen and oxygen atoms in total. The first-order valence-corrected chi connectivity index (χ1v) is 8.02. The highest BCUT2D eigenvalue weighted by Gasteiger charge is 2.38. The Morgan fingerprint density at radius 2 is 2.10 bits per heavy atom. The summed E-state index contributed by atoms with van der Waals surface area (Å²) in [5.74, 6) is -0.121. The van der Waals surface area contributed by atoms with Crippen molar-refractivity contribution in [3.63, 3.8) is 0 Å². The van der Waals surface area contributed by atoms with Crippen molar-refractivity contribution in [1.29, 1.82) is 0 Å². The maximum Gasteiger partial charge on any atom is 0.243 e. The highest BCUT2D eigenvalue weighted by Crippen LogP contribution is 2.33. The Labute approximate surface area is 117 Å². The molecule has 0 aromatic heterocycles. The van der Waals surface area contributed by atoms with E-state index in [1.165, 1.54) is 10.4 Å². The van der Waals surface area contributed by atoms with Gasteiger partial charge in [0.1, 0.15) is 0 Å². The lowest BCUT2D eigenvalue weighted by Crippen LogP contribution is -2.35. The lowest BCUT2D eigenvalue weighted by molar-refractivity contribution is -0.115. The van der Waals surface area contributed by atoms with E-state index in [9.17, 15) is 13.2 Å². The van der Waals surface area contributed by atoms with Gasteiger partial charge < -0.3 is 10.4 Å². The number of carbonyl (C=O) groups is 1. The van der Waals surface area contributed by atoms with Crippen molar-refractivity contribution in [2.45, 2.75) is 30.2 Å². The molecule has 2 aliphatic rings. The van der Waals surface area contributed by atoms with Crippen LogP contribution in [0, 0.1) is 0 Å². The predicted octanol–water partition coefficient (Wildman–Crippen LogP) is 0.327. The quantitative estimate of drug-likeness (QED) is 0.819. The number of nitrogens with one attached hydrogen (secondary N) is 1. The average molecular weight is 296 g/mol. The summed E-state index contributed by atoms with van der Waals surface area (Å²) in [6.07, 6.45) is 1.89. The van der Waals surface area contributed by atoms with Crippen molar-refractivity contribution in [3.8, 4) is 0 Å². The van der Waals surface area contributed by atoms with Gasteiger partial charge in [0.05, 0.1) is 17.9 Å². The van der Waals surface area contributed by atoms with E-state index < -0.39 is 10.0 Å². The van der Waals surface area contributed by atoms with Crippen LogP contribution in [0.25, 0.3) is 0 Å². The summed E-state index contributed by atoms with van der Waals surface area (Å²) in [5.41, 5.74) is 1.38. The summed E-state index contributed by atoms with van der Waals surface area (Å²) >= 11 is 0. The zero-order valence-corrected chi connectivity index (χ0v) is 11.7. The standard InChI is InChI=1S/C13H16N2O4S/c16-6-5-15(10-1-2-10)20(18,19)11-3-4-12-9(7-11)8-13(17)14-12/h3-4,7,10,16H,1-2,5-6,8H2,(H,14,17). The zero-order valence-electron chi connectivity index (χ0n) is 10.9. The molecule has 0 radical (unpaired) electrons. The van der Waals surface area contributed by atoms with Crippen molar-refractivity contribution in [2.75, 3.05) is 18.5 Å². The molecule has 0 atom stereocenters. The van der Waals surface area contributed by atoms with Gasteiger partial charge in [0, 0.05) is 18.3 Å². The number of sulfonamides is 1. The van der Waals surface area contributed by atoms with Crippen molar-refractivity contribution in [1.82, 2.24) is 4.31 Å². The molecule has 3 rings (SSSR count). The van der Waals surface area contributed by atoms with E-state index in [1.54, 1.807) is 12.1 Å². The molecule has 20 heavy (non-hydrogen) atoms. The summed E-state index contributed by atoms with van der Waals surface area (Å²) < 4.78 is 26.5. The van der Waals surface area contributed by atoms with E-state index in [2.05, 4.69) is 5.32 Å². The van der Waals surface area contributed by atoms with Crippen LogP contribution in [0.1, 0.15) is 18.4 Å². The van der Waals surface area contributed by atoms with Crippen LogP contribution in [0.4, 0.5) is 5.69 Å². The molecule has 1 heterocycles. The van der Waals surface area contributed by atoms with Gasteiger partial charge in [0.15, 0.2) is 0 Å². The van der Waals surface area contributed by atoms with Gasteiger partial charge in [-0.05, 0) is 36.6 Å². The molecule has 1 amide bonds. The number of fused-ring (bicyclic) bond motifs is 1. The number of aliphatic hydroxyl groups is 1. The van der Waals surface area contributed by atoms with Gasteiger partial charge in [-0.1, -0.05) is 0 Å². The van der Waals surface area contributed by atoms with Crippen LogP contribution >= 0.6 is 0 Å². The van der Waals surface area contributed by atoms with E-state index in [-0.39, 0.29) is 36.4 Å². The largest absolute Gasteiger partial charge is 0.395 e. The Balaban J connectivity index is 1.95. The predicted molar refractivity (Wildman–Crippen MR) is 72.8 cm³/mol. The van der Waals surface area contributed by atoms with E-state index in [0.29, 0.717) is 11.3 Å². The summed E-state index contributed by atoms with van der Waals surface area (Å²) in [7, 11) is -3.60. The van der Waals surface area contributed by atoms with Crippen LogP contribution in [-0.4, -0.2) is 42.9 Å². The summed E-state index contributed by atoms with van der Waals surface area (Å²) in [6, 6.07) is 4.68. The topological polar surface area (TPSA) is 86.7 Å². The summed E-state index contributed by atoms with van der Waals surface area (Å²) in [6.45, 7) is -0.0814. The zero-order chi connectivity index (χ0) is 14.3. The van der Waals surface area contributed by atoms with Gasteiger partial charge in [0.25, 0.3) is 0 Å². The summed E-state index contributed by atoms with van der Waals surface area (Å²) in [4.78, 5) is 11.5. The van der Waals surface area contributed by atoms with Crippen LogP contribution < -0.4 is 5.32 Å². The Morgan fingerprint density at radius 3 is 2.75 bits per heavy atom. The van der Waals surface area contributed by atoms with Crippen LogP contribution in [-0.2, 0) is 21.2 Å². The number of aliphatic hydroxyl groups excluding tert-OH is 1. The molecule has 7 heteroatoms. The molecule has 0 bridgehead atoms. The SMILES string of the molecule is O=C1Cc2cc(S(=O)(=O)N(CCO)C3CC3)ccc2N1. The molecule has 1 aliphatic carbocycles. The number of anilines is 1. The Bertz CT molecular complexity index is 652. The summed E-state index contributed by atoms with van der Waals surface area (Å²) in [5, 5.41) is 11.7. The maximum atomic E-state index is 12.6. The number of benzene rings is 1. The molecule has 108 valence electrons. The van der Waals surface area contributed by atoms with Crippen LogP contribution in [0.3, 0.4) is 0 Å². The molecule has 0 spiro atoms. The number of carbonyl (C=O) groups excluding carboxylic acids is 1. The highest BCUT2D eigenvalue weighted by molar-refractivity contribution is 7.89. The third kappa shape index (κ3) is 2.32. The fraction of sp³-hybridized carbons (Fsp3) is 0.462. The Kier molecular flexibility index (Phi) is 3.27. The van der Waals surface area contributed by atoms with Gasteiger partial charge in [-0.3, -0.25) is 4.79 Å². The molecular formula is C13H16N2O4S. The average Bonchev–Trinajstić information content (AvgIpc) is 3.15. The molecule has 0 unspecified atom stereocenters. The third-order valence-corrected chi connectivity index (χ3v) is 5.53. The smallest absolute Gasteiger partial charge is 0.243 e. The maximum absolute atomic E-state index is 12.6. The number of nitrogens with zero attached hydrogens (tertiary/aromatic N) is 1. The van der Waals surface area contributed by atoms with Gasteiger partial charge in [-0.25, -0.2) is 8.42 Å². The monoisotopic (exact) mass is 296 g/mol. The number of amides is 1. The fourth-order valence-corrected chi connectivity index (χ4v) is 4.19. The minimum atomic E-state index is -3.60. The van der Waals surface area contributed by atoms with Crippen molar-refractivity contribution >= 4 is 21.6 Å². The number of hydrogen-bond acceptors (Lipinski definition) is 4. The Hall–Kier alpha value is -1.44. The van der Waals surface area contributed by atoms with Gasteiger partial charge >= 0.3 is 0 Å². The molecule has 0 saturated heterocycles. The van der Waals surface area contributed by atoms with Gasteiger partial charge in [-0.15, -0.1) is 0 Å². The van der Waals surface area contributed by atoms with E-state index in [4.69, 9.17) is 5.11 Å². The Morgan fingerprint density at radius 1 is 1.35 bits per heavy atom. The molecular weight excluding hydrogens is 280 g/mol. The minimum Gasteiger partial charge on any atom is -0.395 e. The first-order chi connectivity index (χ1) is 9.52. The second kappa shape index (κ2) is 4.83. The fourth-order valence-electron chi connectivity index (χ4n) is 2.46.